The number of benzene rings is 2. The Morgan fingerprint density at radius 2 is 1.72 bits per heavy atom. The predicted molar refractivity (Wildman–Crippen MR) is 104 cm³/mol. The van der Waals surface area contributed by atoms with Gasteiger partial charge in [-0.1, -0.05) is 13.0 Å². The summed E-state index contributed by atoms with van der Waals surface area (Å²) in [4.78, 5) is 16.4. The number of hydrogen-bond donors (Lipinski definition) is 1. The molecule has 7 heteroatoms. The molecule has 2 aromatic carbocycles. The van der Waals surface area contributed by atoms with Gasteiger partial charge in [-0.2, -0.15) is 0 Å². The zero-order valence-electron chi connectivity index (χ0n) is 15.8. The zero-order valence-corrected chi connectivity index (χ0v) is 15.8. The quantitative estimate of drug-likeness (QED) is 0.588. The van der Waals surface area contributed by atoms with Crippen LogP contribution < -0.4 is 14.8 Å². The van der Waals surface area contributed by atoms with Crippen molar-refractivity contribution in [1.29, 1.82) is 0 Å². The molecule has 1 amide bonds. The van der Waals surface area contributed by atoms with Gasteiger partial charge in [-0.05, 0) is 48.9 Å². The van der Waals surface area contributed by atoms with Crippen molar-refractivity contribution in [3.63, 3.8) is 0 Å². The van der Waals surface area contributed by atoms with Gasteiger partial charge in [-0.3, -0.25) is 4.79 Å². The molecule has 0 aliphatic carbocycles. The van der Waals surface area contributed by atoms with E-state index < -0.39 is 17.5 Å². The lowest BCUT2D eigenvalue weighted by molar-refractivity contribution is 0.0949. The maximum atomic E-state index is 13.3. The summed E-state index contributed by atoms with van der Waals surface area (Å²) in [5, 5.41) is 2.62. The number of amides is 1. The molecule has 0 spiro atoms. The van der Waals surface area contributed by atoms with Gasteiger partial charge in [0.25, 0.3) is 5.91 Å². The predicted octanol–water partition coefficient (Wildman–Crippen LogP) is 4.87. The highest BCUT2D eigenvalue weighted by molar-refractivity contribution is 5.94. The number of carbonyl (C=O) groups excluding carboxylic acids is 1. The standard InChI is InChI=1S/C22H20F2N2O3/c1-2-10-28-19-5-7-20(8-6-19)29-22-15(4-3-9-25-22)14-26-21(27)16-11-17(23)13-18(24)12-16/h3-9,11-13H,2,10,14H2,1H3,(H,26,27). The summed E-state index contributed by atoms with van der Waals surface area (Å²) in [5.74, 6) is -0.600. The minimum atomic E-state index is -0.813. The first-order chi connectivity index (χ1) is 14.0. The maximum Gasteiger partial charge on any atom is 0.251 e. The van der Waals surface area contributed by atoms with Crippen molar-refractivity contribution in [1.82, 2.24) is 10.3 Å². The van der Waals surface area contributed by atoms with E-state index in [0.29, 0.717) is 29.9 Å². The Balaban J connectivity index is 1.66. The van der Waals surface area contributed by atoms with Gasteiger partial charge >= 0.3 is 0 Å². The van der Waals surface area contributed by atoms with Crippen molar-refractivity contribution in [3.05, 3.63) is 83.6 Å². The first-order valence-electron chi connectivity index (χ1n) is 9.14. The van der Waals surface area contributed by atoms with Gasteiger partial charge < -0.3 is 14.8 Å². The number of hydrogen-bond acceptors (Lipinski definition) is 4. The van der Waals surface area contributed by atoms with Crippen LogP contribution in [0.2, 0.25) is 0 Å². The molecule has 0 aliphatic heterocycles. The largest absolute Gasteiger partial charge is 0.494 e. The molecule has 0 saturated heterocycles. The van der Waals surface area contributed by atoms with Crippen molar-refractivity contribution >= 4 is 5.91 Å². The second-order valence-corrected chi connectivity index (χ2v) is 6.23. The molecule has 1 aromatic heterocycles. The van der Waals surface area contributed by atoms with Crippen LogP contribution in [0.25, 0.3) is 0 Å². The Bertz CT molecular complexity index is 958. The molecule has 3 aromatic rings. The normalized spacial score (nSPS) is 10.4. The molecular weight excluding hydrogens is 378 g/mol. The van der Waals surface area contributed by atoms with Crippen LogP contribution in [-0.2, 0) is 6.54 Å². The molecule has 5 nitrogen and oxygen atoms in total. The fraction of sp³-hybridized carbons (Fsp3) is 0.182. The number of ether oxygens (including phenoxy) is 2. The third kappa shape index (κ3) is 5.75. The number of nitrogens with one attached hydrogen (secondary N) is 1. The Hall–Kier alpha value is -3.48. The van der Waals surface area contributed by atoms with Gasteiger partial charge in [0.05, 0.1) is 6.61 Å². The molecule has 0 bridgehead atoms. The minimum Gasteiger partial charge on any atom is -0.494 e. The van der Waals surface area contributed by atoms with E-state index in [1.807, 2.05) is 6.92 Å². The fourth-order valence-corrected chi connectivity index (χ4v) is 2.55. The molecule has 1 N–H and O–H groups in total. The molecule has 0 fully saturated rings. The van der Waals surface area contributed by atoms with Crippen LogP contribution in [0.5, 0.6) is 17.4 Å². The van der Waals surface area contributed by atoms with E-state index in [-0.39, 0.29) is 12.1 Å². The van der Waals surface area contributed by atoms with Gasteiger partial charge in [-0.25, -0.2) is 13.8 Å². The van der Waals surface area contributed by atoms with Gasteiger partial charge in [0.1, 0.15) is 23.1 Å². The van der Waals surface area contributed by atoms with E-state index in [1.165, 1.54) is 0 Å². The summed E-state index contributed by atoms with van der Waals surface area (Å²) in [7, 11) is 0. The summed E-state index contributed by atoms with van der Waals surface area (Å²) >= 11 is 0. The molecule has 0 aliphatic rings. The molecule has 150 valence electrons. The lowest BCUT2D eigenvalue weighted by Crippen LogP contribution is -2.23. The summed E-state index contributed by atoms with van der Waals surface area (Å²) in [6.45, 7) is 2.75. The maximum absolute atomic E-state index is 13.3. The van der Waals surface area contributed by atoms with Crippen LogP contribution in [0.4, 0.5) is 8.78 Å². The first kappa shape index (κ1) is 20.3. The van der Waals surface area contributed by atoms with Gasteiger partial charge in [0.2, 0.25) is 5.88 Å². The van der Waals surface area contributed by atoms with Crippen molar-refractivity contribution in [2.24, 2.45) is 0 Å². The number of nitrogens with zero attached hydrogens (tertiary/aromatic N) is 1. The van der Waals surface area contributed by atoms with Crippen LogP contribution in [-0.4, -0.2) is 17.5 Å². The van der Waals surface area contributed by atoms with Crippen molar-refractivity contribution in [2.45, 2.75) is 19.9 Å². The van der Waals surface area contributed by atoms with Crippen LogP contribution in [0.15, 0.2) is 60.8 Å². The van der Waals surface area contributed by atoms with Crippen LogP contribution in [0, 0.1) is 11.6 Å². The summed E-state index contributed by atoms with van der Waals surface area (Å²) in [5.41, 5.74) is 0.514. The average molecular weight is 398 g/mol. The van der Waals surface area contributed by atoms with Gasteiger partial charge in [-0.15, -0.1) is 0 Å². The molecule has 29 heavy (non-hydrogen) atoms. The average Bonchev–Trinajstić information content (AvgIpc) is 2.71. The smallest absolute Gasteiger partial charge is 0.251 e. The Kier molecular flexibility index (Phi) is 6.73. The second kappa shape index (κ2) is 9.64. The van der Waals surface area contributed by atoms with E-state index in [2.05, 4.69) is 10.3 Å². The minimum absolute atomic E-state index is 0.0812. The Morgan fingerprint density at radius 1 is 1.03 bits per heavy atom. The van der Waals surface area contributed by atoms with Gasteiger partial charge in [0, 0.05) is 29.9 Å². The number of aromatic nitrogens is 1. The fourth-order valence-electron chi connectivity index (χ4n) is 2.55. The SMILES string of the molecule is CCCOc1ccc(Oc2ncccc2CNC(=O)c2cc(F)cc(F)c2)cc1. The third-order valence-electron chi connectivity index (χ3n) is 3.93. The van der Waals surface area contributed by atoms with Crippen molar-refractivity contribution in [3.8, 4) is 17.4 Å². The van der Waals surface area contributed by atoms with Crippen LogP contribution in [0.1, 0.15) is 29.3 Å². The molecule has 0 unspecified atom stereocenters. The van der Waals surface area contributed by atoms with E-state index in [4.69, 9.17) is 9.47 Å². The highest BCUT2D eigenvalue weighted by atomic mass is 19.1. The van der Waals surface area contributed by atoms with Crippen LogP contribution in [0.3, 0.4) is 0 Å². The molecule has 0 atom stereocenters. The van der Waals surface area contributed by atoms with E-state index in [0.717, 1.165) is 24.3 Å². The second-order valence-electron chi connectivity index (χ2n) is 6.23. The summed E-state index contributed by atoms with van der Waals surface area (Å²) in [6, 6.07) is 13.2. The molecule has 0 saturated carbocycles. The van der Waals surface area contributed by atoms with E-state index >= 15 is 0 Å². The number of carbonyl (C=O) groups is 1. The highest BCUT2D eigenvalue weighted by Crippen LogP contribution is 2.25. The molecular formula is C22H20F2N2O3. The number of halogens is 2. The monoisotopic (exact) mass is 398 g/mol. The third-order valence-corrected chi connectivity index (χ3v) is 3.93. The topological polar surface area (TPSA) is 60.5 Å². The van der Waals surface area contributed by atoms with E-state index in [9.17, 15) is 13.6 Å². The summed E-state index contributed by atoms with van der Waals surface area (Å²) in [6.07, 6.45) is 2.49. The highest BCUT2D eigenvalue weighted by Gasteiger charge is 2.12. The van der Waals surface area contributed by atoms with Crippen LogP contribution >= 0.6 is 0 Å². The van der Waals surface area contributed by atoms with Crippen molar-refractivity contribution in [2.75, 3.05) is 6.61 Å². The first-order valence-corrected chi connectivity index (χ1v) is 9.14. The number of pyridine rings is 1. The van der Waals surface area contributed by atoms with E-state index in [1.54, 1.807) is 42.6 Å². The lowest BCUT2D eigenvalue weighted by Gasteiger charge is -2.11. The van der Waals surface area contributed by atoms with Gasteiger partial charge in [0.15, 0.2) is 0 Å². The number of rotatable bonds is 8. The Labute approximate surface area is 167 Å². The Morgan fingerprint density at radius 3 is 2.41 bits per heavy atom. The molecule has 1 heterocycles. The molecule has 3 rings (SSSR count). The summed E-state index contributed by atoms with van der Waals surface area (Å²) < 4.78 is 37.9. The van der Waals surface area contributed by atoms with Crippen molar-refractivity contribution < 1.29 is 23.0 Å². The lowest BCUT2D eigenvalue weighted by atomic mass is 10.2. The molecule has 0 radical (unpaired) electrons. The zero-order chi connectivity index (χ0) is 20.6.